The number of carbonyl (C=O) groups is 1. The van der Waals surface area contributed by atoms with E-state index in [1.54, 1.807) is 18.0 Å². The summed E-state index contributed by atoms with van der Waals surface area (Å²) in [6.45, 7) is 2.24. The summed E-state index contributed by atoms with van der Waals surface area (Å²) in [5.41, 5.74) is 1.24. The molecule has 23 heavy (non-hydrogen) atoms. The van der Waals surface area contributed by atoms with Crippen molar-refractivity contribution in [3.05, 3.63) is 42.2 Å². The normalized spacial score (nSPS) is 21.0. The van der Waals surface area contributed by atoms with Crippen molar-refractivity contribution in [3.63, 3.8) is 0 Å². The van der Waals surface area contributed by atoms with E-state index in [-0.39, 0.29) is 11.9 Å². The van der Waals surface area contributed by atoms with Crippen molar-refractivity contribution >= 4 is 5.91 Å². The largest absolute Gasteiger partial charge is 0.493 e. The molecule has 1 saturated carbocycles. The Kier molecular flexibility index (Phi) is 4.65. The number of hydrogen-bond acceptors (Lipinski definition) is 3. The first-order valence-corrected chi connectivity index (χ1v) is 8.17. The molecule has 3 rings (SSSR count). The maximum Gasteiger partial charge on any atom is 0.275 e. The number of aromatic nitrogens is 2. The lowest BCUT2D eigenvalue weighted by Crippen LogP contribution is -2.38. The topological polar surface area (TPSA) is 56.2 Å². The van der Waals surface area contributed by atoms with Gasteiger partial charge in [-0.05, 0) is 30.9 Å². The molecular formula is C18H23N3O2. The lowest BCUT2D eigenvalue weighted by molar-refractivity contribution is 0.0913. The van der Waals surface area contributed by atoms with Crippen LogP contribution in [0.2, 0.25) is 0 Å². The van der Waals surface area contributed by atoms with Crippen LogP contribution in [0.1, 0.15) is 43.1 Å². The fraction of sp³-hybridized carbons (Fsp3) is 0.444. The molecule has 0 radical (unpaired) electrons. The number of nitrogens with one attached hydrogen (secondary N) is 1. The van der Waals surface area contributed by atoms with E-state index in [0.717, 1.165) is 18.5 Å². The fourth-order valence-electron chi connectivity index (χ4n) is 3.20. The molecule has 1 N–H and O–H groups in total. The highest BCUT2D eigenvalue weighted by Gasteiger charge is 2.24. The Hall–Kier alpha value is -2.30. The van der Waals surface area contributed by atoms with E-state index >= 15 is 0 Å². The average Bonchev–Trinajstić information content (AvgIpc) is 3.00. The predicted octanol–water partition coefficient (Wildman–Crippen LogP) is 3.19. The van der Waals surface area contributed by atoms with Crippen LogP contribution in [0.5, 0.6) is 5.75 Å². The van der Waals surface area contributed by atoms with E-state index in [1.807, 2.05) is 30.3 Å². The van der Waals surface area contributed by atoms with Gasteiger partial charge in [0.15, 0.2) is 11.4 Å². The molecule has 2 unspecified atom stereocenters. The molecule has 2 atom stereocenters. The quantitative estimate of drug-likeness (QED) is 0.943. The summed E-state index contributed by atoms with van der Waals surface area (Å²) < 4.78 is 7.01. The van der Waals surface area contributed by atoms with Crippen LogP contribution in [-0.4, -0.2) is 28.8 Å². The maximum absolute atomic E-state index is 12.6. The molecule has 0 bridgehead atoms. The highest BCUT2D eigenvalue weighted by Crippen LogP contribution is 2.25. The Labute approximate surface area is 136 Å². The van der Waals surface area contributed by atoms with Crippen LogP contribution in [0.4, 0.5) is 0 Å². The molecule has 0 aliphatic heterocycles. The number of rotatable bonds is 4. The zero-order valence-corrected chi connectivity index (χ0v) is 13.7. The zero-order valence-electron chi connectivity index (χ0n) is 13.7. The Morgan fingerprint density at radius 1 is 1.30 bits per heavy atom. The molecule has 0 saturated heterocycles. The van der Waals surface area contributed by atoms with Gasteiger partial charge in [-0.25, -0.2) is 4.68 Å². The number of hydrogen-bond donors (Lipinski definition) is 1. The van der Waals surface area contributed by atoms with Crippen LogP contribution < -0.4 is 10.1 Å². The first-order valence-electron chi connectivity index (χ1n) is 8.17. The Morgan fingerprint density at radius 3 is 2.78 bits per heavy atom. The minimum Gasteiger partial charge on any atom is -0.493 e. The molecule has 5 heteroatoms. The van der Waals surface area contributed by atoms with E-state index in [9.17, 15) is 4.79 Å². The van der Waals surface area contributed by atoms with Gasteiger partial charge >= 0.3 is 0 Å². The van der Waals surface area contributed by atoms with E-state index in [1.165, 1.54) is 12.8 Å². The molecule has 1 aliphatic rings. The van der Waals surface area contributed by atoms with E-state index < -0.39 is 0 Å². The fourth-order valence-corrected chi connectivity index (χ4v) is 3.20. The van der Waals surface area contributed by atoms with Crippen molar-refractivity contribution in [2.45, 2.75) is 38.6 Å². The minimum absolute atomic E-state index is 0.157. The summed E-state index contributed by atoms with van der Waals surface area (Å²) in [6.07, 6.45) is 6.24. The molecule has 1 aromatic heterocycles. The van der Waals surface area contributed by atoms with Gasteiger partial charge in [-0.15, -0.1) is 0 Å². The summed E-state index contributed by atoms with van der Waals surface area (Å²) in [7, 11) is 1.56. The van der Waals surface area contributed by atoms with Crippen LogP contribution in [0.3, 0.4) is 0 Å². The summed E-state index contributed by atoms with van der Waals surface area (Å²) in [6, 6.07) is 9.94. The SMILES string of the molecule is COc1cn(-c2ccccc2)nc1C(=O)NC1CCCC(C)C1. The third-order valence-electron chi connectivity index (χ3n) is 4.41. The van der Waals surface area contributed by atoms with Crippen molar-refractivity contribution in [2.24, 2.45) is 5.92 Å². The second kappa shape index (κ2) is 6.86. The van der Waals surface area contributed by atoms with Gasteiger partial charge in [0.1, 0.15) is 0 Å². The Morgan fingerprint density at radius 2 is 2.09 bits per heavy atom. The molecule has 1 amide bonds. The van der Waals surface area contributed by atoms with E-state index in [2.05, 4.69) is 17.3 Å². The highest BCUT2D eigenvalue weighted by molar-refractivity contribution is 5.95. The zero-order chi connectivity index (χ0) is 16.2. The van der Waals surface area contributed by atoms with Gasteiger partial charge in [-0.2, -0.15) is 5.10 Å². The predicted molar refractivity (Wildman–Crippen MR) is 89.0 cm³/mol. The lowest BCUT2D eigenvalue weighted by atomic mass is 9.87. The Bertz CT molecular complexity index is 666. The van der Waals surface area contributed by atoms with Crippen LogP contribution in [0.15, 0.2) is 36.5 Å². The van der Waals surface area contributed by atoms with Gasteiger partial charge in [-0.1, -0.05) is 38.0 Å². The standard InChI is InChI=1S/C18H23N3O2/c1-13-7-6-8-14(11-13)19-18(22)17-16(23-2)12-21(20-17)15-9-4-3-5-10-15/h3-5,9-10,12-14H,6-8,11H2,1-2H3,(H,19,22). The number of carbonyl (C=O) groups excluding carboxylic acids is 1. The van der Waals surface area contributed by atoms with Gasteiger partial charge in [0.2, 0.25) is 0 Å². The molecule has 1 aliphatic carbocycles. The first-order chi connectivity index (χ1) is 11.2. The summed E-state index contributed by atoms with van der Waals surface area (Å²) in [5, 5.41) is 7.53. The number of amides is 1. The average molecular weight is 313 g/mol. The number of ether oxygens (including phenoxy) is 1. The van der Waals surface area contributed by atoms with Crippen molar-refractivity contribution in [1.29, 1.82) is 0 Å². The van der Waals surface area contributed by atoms with Gasteiger partial charge < -0.3 is 10.1 Å². The third kappa shape index (κ3) is 3.55. The molecule has 1 aromatic carbocycles. The number of nitrogens with zero attached hydrogens (tertiary/aromatic N) is 2. The van der Waals surface area contributed by atoms with Crippen LogP contribution in [-0.2, 0) is 0 Å². The highest BCUT2D eigenvalue weighted by atomic mass is 16.5. The molecular weight excluding hydrogens is 290 g/mol. The van der Waals surface area contributed by atoms with Gasteiger partial charge in [0.05, 0.1) is 19.0 Å². The van der Waals surface area contributed by atoms with Gasteiger partial charge in [0, 0.05) is 6.04 Å². The second-order valence-corrected chi connectivity index (χ2v) is 6.27. The van der Waals surface area contributed by atoms with Crippen LogP contribution in [0, 0.1) is 5.92 Å². The summed E-state index contributed by atoms with van der Waals surface area (Å²) in [5.74, 6) is 1.00. The molecule has 0 spiro atoms. The van der Waals surface area contributed by atoms with Gasteiger partial charge in [-0.3, -0.25) is 4.79 Å². The van der Waals surface area contributed by atoms with Crippen molar-refractivity contribution in [3.8, 4) is 11.4 Å². The van der Waals surface area contributed by atoms with Crippen LogP contribution >= 0.6 is 0 Å². The molecule has 122 valence electrons. The smallest absolute Gasteiger partial charge is 0.275 e. The summed E-state index contributed by atoms with van der Waals surface area (Å²) >= 11 is 0. The van der Waals surface area contributed by atoms with E-state index in [0.29, 0.717) is 17.4 Å². The first kappa shape index (κ1) is 15.6. The number of para-hydroxylation sites is 1. The summed E-state index contributed by atoms with van der Waals surface area (Å²) in [4.78, 5) is 12.6. The maximum atomic E-state index is 12.6. The lowest BCUT2D eigenvalue weighted by Gasteiger charge is -2.27. The molecule has 1 heterocycles. The van der Waals surface area contributed by atoms with Crippen molar-refractivity contribution in [1.82, 2.24) is 15.1 Å². The minimum atomic E-state index is -0.157. The van der Waals surface area contributed by atoms with Crippen LogP contribution in [0.25, 0.3) is 5.69 Å². The third-order valence-corrected chi connectivity index (χ3v) is 4.41. The Balaban J connectivity index is 1.78. The van der Waals surface area contributed by atoms with E-state index in [4.69, 9.17) is 4.74 Å². The molecule has 2 aromatic rings. The molecule has 1 fully saturated rings. The second-order valence-electron chi connectivity index (χ2n) is 6.27. The molecule has 5 nitrogen and oxygen atoms in total. The van der Waals surface area contributed by atoms with Crippen molar-refractivity contribution < 1.29 is 9.53 Å². The van der Waals surface area contributed by atoms with Gasteiger partial charge in [0.25, 0.3) is 5.91 Å². The van der Waals surface area contributed by atoms with Crippen molar-refractivity contribution in [2.75, 3.05) is 7.11 Å². The monoisotopic (exact) mass is 313 g/mol. The number of benzene rings is 1. The number of methoxy groups -OCH3 is 1.